The van der Waals surface area contributed by atoms with E-state index in [0.717, 1.165) is 19.3 Å². The number of ether oxygens (including phenoxy) is 1. The van der Waals surface area contributed by atoms with Crippen LogP contribution < -0.4 is 10.1 Å². The van der Waals surface area contributed by atoms with Gasteiger partial charge in [-0.2, -0.15) is 0 Å². The van der Waals surface area contributed by atoms with Crippen molar-refractivity contribution >= 4 is 11.7 Å². The number of hydrogen-bond donors (Lipinski definition) is 3. The Hall–Kier alpha value is -1.75. The van der Waals surface area contributed by atoms with Gasteiger partial charge in [-0.1, -0.05) is 0 Å². The lowest BCUT2D eigenvalue weighted by atomic mass is 10.1. The van der Waals surface area contributed by atoms with Gasteiger partial charge >= 0.3 is 5.97 Å². The van der Waals surface area contributed by atoms with Gasteiger partial charge in [-0.25, -0.2) is 4.79 Å². The Morgan fingerprint density at radius 2 is 2.26 bits per heavy atom. The molecule has 5 heteroatoms. The fourth-order valence-corrected chi connectivity index (χ4v) is 2.47. The number of nitrogens with one attached hydrogen (secondary N) is 1. The molecule has 2 rings (SSSR count). The van der Waals surface area contributed by atoms with Crippen LogP contribution in [0.3, 0.4) is 0 Å². The molecule has 0 aromatic heterocycles. The van der Waals surface area contributed by atoms with Crippen LogP contribution in [0.1, 0.15) is 29.6 Å². The molecule has 0 radical (unpaired) electrons. The second kappa shape index (κ2) is 5.93. The van der Waals surface area contributed by atoms with E-state index in [1.54, 1.807) is 19.2 Å². The lowest BCUT2D eigenvalue weighted by molar-refractivity contribution is 0.0698. The number of aliphatic hydroxyl groups excluding tert-OH is 1. The molecule has 1 fully saturated rings. The van der Waals surface area contributed by atoms with Crippen molar-refractivity contribution in [2.75, 3.05) is 19.0 Å². The Morgan fingerprint density at radius 1 is 1.47 bits per heavy atom. The largest absolute Gasteiger partial charge is 0.497 e. The van der Waals surface area contributed by atoms with E-state index in [-0.39, 0.29) is 11.7 Å². The quantitative estimate of drug-likeness (QED) is 0.758. The predicted octanol–water partition coefficient (Wildman–Crippen LogP) is 1.97. The van der Waals surface area contributed by atoms with Crippen molar-refractivity contribution < 1.29 is 19.7 Å². The molecule has 2 atom stereocenters. The van der Waals surface area contributed by atoms with Crippen molar-refractivity contribution in [2.45, 2.75) is 25.4 Å². The normalized spacial score (nSPS) is 22.2. The van der Waals surface area contributed by atoms with Crippen LogP contribution in [-0.4, -0.2) is 35.9 Å². The minimum Gasteiger partial charge on any atom is -0.497 e. The van der Waals surface area contributed by atoms with Crippen molar-refractivity contribution in [1.29, 1.82) is 0 Å². The minimum absolute atomic E-state index is 0.212. The molecule has 0 amide bonds. The molecule has 1 saturated carbocycles. The first-order valence-corrected chi connectivity index (χ1v) is 6.43. The van der Waals surface area contributed by atoms with E-state index in [2.05, 4.69) is 5.32 Å². The van der Waals surface area contributed by atoms with Crippen molar-refractivity contribution in [3.63, 3.8) is 0 Å². The Labute approximate surface area is 112 Å². The van der Waals surface area contributed by atoms with Gasteiger partial charge in [0.15, 0.2) is 0 Å². The Bertz CT molecular complexity index is 461. The van der Waals surface area contributed by atoms with Gasteiger partial charge in [-0.3, -0.25) is 0 Å². The summed E-state index contributed by atoms with van der Waals surface area (Å²) in [7, 11) is 1.55. The summed E-state index contributed by atoms with van der Waals surface area (Å²) in [6.07, 6.45) is 2.37. The van der Waals surface area contributed by atoms with Crippen LogP contribution in [0, 0.1) is 5.92 Å². The van der Waals surface area contributed by atoms with Gasteiger partial charge < -0.3 is 20.3 Å². The molecule has 0 heterocycles. The maximum atomic E-state index is 11.1. The number of hydrogen-bond acceptors (Lipinski definition) is 4. The van der Waals surface area contributed by atoms with Gasteiger partial charge in [0.05, 0.1) is 24.5 Å². The van der Waals surface area contributed by atoms with Gasteiger partial charge in [0, 0.05) is 12.6 Å². The highest BCUT2D eigenvalue weighted by Gasteiger charge is 2.23. The fourth-order valence-electron chi connectivity index (χ4n) is 2.47. The number of carbonyl (C=O) groups is 1. The smallest absolute Gasteiger partial charge is 0.337 e. The van der Waals surface area contributed by atoms with E-state index in [0.29, 0.717) is 23.9 Å². The van der Waals surface area contributed by atoms with E-state index in [9.17, 15) is 9.90 Å². The first-order valence-electron chi connectivity index (χ1n) is 6.43. The molecule has 1 aromatic rings. The van der Waals surface area contributed by atoms with Gasteiger partial charge in [-0.05, 0) is 37.3 Å². The van der Waals surface area contributed by atoms with Gasteiger partial charge in [0.1, 0.15) is 5.75 Å². The molecular weight excluding hydrogens is 246 g/mol. The van der Waals surface area contributed by atoms with Crippen molar-refractivity contribution in [1.82, 2.24) is 0 Å². The summed E-state index contributed by atoms with van der Waals surface area (Å²) in [5.41, 5.74) is 0.799. The summed E-state index contributed by atoms with van der Waals surface area (Å²) in [5, 5.41) is 21.8. The van der Waals surface area contributed by atoms with E-state index in [4.69, 9.17) is 9.84 Å². The third-order valence-corrected chi connectivity index (χ3v) is 3.55. The zero-order valence-corrected chi connectivity index (χ0v) is 10.9. The Morgan fingerprint density at radius 3 is 2.84 bits per heavy atom. The van der Waals surface area contributed by atoms with Gasteiger partial charge in [-0.15, -0.1) is 0 Å². The van der Waals surface area contributed by atoms with E-state index in [1.165, 1.54) is 6.07 Å². The number of aromatic carboxylic acids is 1. The number of carboxylic acid groups (broad SMARTS) is 1. The molecule has 2 unspecified atom stereocenters. The maximum absolute atomic E-state index is 11.1. The fraction of sp³-hybridized carbons (Fsp3) is 0.500. The van der Waals surface area contributed by atoms with Crippen LogP contribution in [0.4, 0.5) is 5.69 Å². The van der Waals surface area contributed by atoms with Crippen LogP contribution in [-0.2, 0) is 0 Å². The zero-order valence-electron chi connectivity index (χ0n) is 10.9. The molecule has 104 valence electrons. The van der Waals surface area contributed by atoms with Crippen LogP contribution >= 0.6 is 0 Å². The van der Waals surface area contributed by atoms with Crippen LogP contribution in [0.25, 0.3) is 0 Å². The zero-order chi connectivity index (χ0) is 13.8. The number of anilines is 1. The Kier molecular flexibility index (Phi) is 4.27. The van der Waals surface area contributed by atoms with Crippen LogP contribution in [0.2, 0.25) is 0 Å². The summed E-state index contributed by atoms with van der Waals surface area (Å²) in [6, 6.07) is 4.86. The number of carboxylic acids is 1. The summed E-state index contributed by atoms with van der Waals surface area (Å²) < 4.78 is 5.11. The molecule has 0 spiro atoms. The Balaban J connectivity index is 2.06. The molecule has 1 aromatic carbocycles. The van der Waals surface area contributed by atoms with Crippen molar-refractivity contribution in [2.24, 2.45) is 5.92 Å². The van der Waals surface area contributed by atoms with Crippen LogP contribution in [0.5, 0.6) is 5.75 Å². The molecule has 3 N–H and O–H groups in total. The van der Waals surface area contributed by atoms with E-state index in [1.807, 2.05) is 0 Å². The summed E-state index contributed by atoms with van der Waals surface area (Å²) >= 11 is 0. The molecule has 5 nitrogen and oxygen atoms in total. The first kappa shape index (κ1) is 13.7. The topological polar surface area (TPSA) is 78.8 Å². The first-order chi connectivity index (χ1) is 9.10. The number of methoxy groups -OCH3 is 1. The SMILES string of the molecule is COc1ccc(C(=O)O)c(NCC2CCC(O)C2)c1. The van der Waals surface area contributed by atoms with Gasteiger partial charge in [0.2, 0.25) is 0 Å². The summed E-state index contributed by atoms with van der Waals surface area (Å²) in [6.45, 7) is 0.671. The van der Waals surface area contributed by atoms with E-state index < -0.39 is 5.97 Å². The minimum atomic E-state index is -0.961. The highest BCUT2D eigenvalue weighted by atomic mass is 16.5. The third-order valence-electron chi connectivity index (χ3n) is 3.55. The molecular formula is C14H19NO4. The van der Waals surface area contributed by atoms with Crippen molar-refractivity contribution in [3.8, 4) is 5.75 Å². The lowest BCUT2D eigenvalue weighted by Crippen LogP contribution is -2.14. The predicted molar refractivity (Wildman–Crippen MR) is 71.8 cm³/mol. The molecule has 0 aliphatic heterocycles. The molecule has 0 saturated heterocycles. The second-order valence-corrected chi connectivity index (χ2v) is 4.93. The maximum Gasteiger partial charge on any atom is 0.337 e. The average Bonchev–Trinajstić information content (AvgIpc) is 2.81. The number of benzene rings is 1. The van der Waals surface area contributed by atoms with Crippen molar-refractivity contribution in [3.05, 3.63) is 23.8 Å². The average molecular weight is 265 g/mol. The van der Waals surface area contributed by atoms with E-state index >= 15 is 0 Å². The monoisotopic (exact) mass is 265 g/mol. The molecule has 1 aliphatic rings. The second-order valence-electron chi connectivity index (χ2n) is 4.93. The molecule has 19 heavy (non-hydrogen) atoms. The highest BCUT2D eigenvalue weighted by molar-refractivity contribution is 5.94. The number of aliphatic hydroxyl groups is 1. The highest BCUT2D eigenvalue weighted by Crippen LogP contribution is 2.27. The standard InChI is InChI=1S/C14H19NO4/c1-19-11-4-5-12(14(17)18)13(7-11)15-8-9-2-3-10(16)6-9/h4-5,7,9-10,15-16H,2-3,6,8H2,1H3,(H,17,18). The summed E-state index contributed by atoms with van der Waals surface area (Å²) in [5.74, 6) is 0.0541. The number of rotatable bonds is 5. The third kappa shape index (κ3) is 3.38. The van der Waals surface area contributed by atoms with Gasteiger partial charge in [0.25, 0.3) is 0 Å². The molecule has 0 bridgehead atoms. The lowest BCUT2D eigenvalue weighted by Gasteiger charge is -2.14. The summed E-state index contributed by atoms with van der Waals surface area (Å²) in [4.78, 5) is 11.1. The molecule has 1 aliphatic carbocycles. The van der Waals surface area contributed by atoms with Crippen LogP contribution in [0.15, 0.2) is 18.2 Å².